The van der Waals surface area contributed by atoms with Crippen molar-refractivity contribution in [3.05, 3.63) is 52.3 Å². The zero-order valence-electron chi connectivity index (χ0n) is 15.9. The first kappa shape index (κ1) is 18.1. The average Bonchev–Trinajstić information content (AvgIpc) is 3.24. The molecule has 0 saturated heterocycles. The first-order chi connectivity index (χ1) is 12.9. The highest BCUT2D eigenvalue weighted by Crippen LogP contribution is 2.61. The summed E-state index contributed by atoms with van der Waals surface area (Å²) >= 11 is 0. The maximum absolute atomic E-state index is 13.3. The van der Waals surface area contributed by atoms with Crippen LogP contribution in [-0.2, 0) is 12.6 Å². The fourth-order valence-corrected chi connectivity index (χ4v) is 5.29. The van der Waals surface area contributed by atoms with Gasteiger partial charge in [-0.1, -0.05) is 37.1 Å². The molecule has 2 aliphatic rings. The molecule has 1 N–H and O–H groups in total. The number of alkyl halides is 2. The Hall–Kier alpha value is -2.24. The van der Waals surface area contributed by atoms with E-state index in [1.54, 1.807) is 7.05 Å². The molecule has 1 aromatic heterocycles. The lowest BCUT2D eigenvalue weighted by Crippen LogP contribution is -2.47. The first-order valence-corrected chi connectivity index (χ1v) is 9.62. The molecule has 0 aliphatic heterocycles. The molecular formula is C21H25F2N3O. The molecule has 1 fully saturated rings. The van der Waals surface area contributed by atoms with Gasteiger partial charge in [-0.05, 0) is 49.1 Å². The molecule has 2 bridgehead atoms. The number of benzene rings is 1. The highest BCUT2D eigenvalue weighted by atomic mass is 19.3. The number of nitrogens with zero attached hydrogens (tertiary/aromatic N) is 2. The number of hydrogen-bond donors (Lipinski definition) is 1. The highest BCUT2D eigenvalue weighted by Gasteiger charge is 2.57. The Morgan fingerprint density at radius 1 is 1.44 bits per heavy atom. The van der Waals surface area contributed by atoms with Gasteiger partial charge in [-0.2, -0.15) is 5.10 Å². The minimum atomic E-state index is -2.77. The lowest BCUT2D eigenvalue weighted by molar-refractivity contribution is 0.0855. The maximum Gasteiger partial charge on any atom is 0.282 e. The van der Waals surface area contributed by atoms with Gasteiger partial charge in [0.15, 0.2) is 0 Å². The van der Waals surface area contributed by atoms with Crippen LogP contribution in [0.15, 0.2) is 24.4 Å². The van der Waals surface area contributed by atoms with Crippen molar-refractivity contribution < 1.29 is 13.6 Å². The van der Waals surface area contributed by atoms with Gasteiger partial charge in [0.25, 0.3) is 12.3 Å². The molecule has 1 heterocycles. The van der Waals surface area contributed by atoms with E-state index in [4.69, 9.17) is 0 Å². The van der Waals surface area contributed by atoms with E-state index < -0.39 is 23.6 Å². The molecule has 27 heavy (non-hydrogen) atoms. The number of aryl methyl sites for hydroxylation is 2. The summed E-state index contributed by atoms with van der Waals surface area (Å²) in [6.45, 7) is 4.20. The van der Waals surface area contributed by atoms with E-state index in [-0.39, 0.29) is 5.56 Å². The van der Waals surface area contributed by atoms with Crippen molar-refractivity contribution in [3.63, 3.8) is 0 Å². The monoisotopic (exact) mass is 373 g/mol. The van der Waals surface area contributed by atoms with Crippen LogP contribution in [0.1, 0.15) is 77.7 Å². The number of aromatic nitrogens is 2. The number of carbonyl (C=O) groups is 1. The fourth-order valence-electron chi connectivity index (χ4n) is 5.29. The van der Waals surface area contributed by atoms with E-state index in [1.807, 2.05) is 6.92 Å². The number of nitrogens with one attached hydrogen (secondary N) is 1. The summed E-state index contributed by atoms with van der Waals surface area (Å²) in [6, 6.07) is 6.46. The smallest absolute Gasteiger partial charge is 0.282 e. The summed E-state index contributed by atoms with van der Waals surface area (Å²) in [6.07, 6.45) is 2.53. The van der Waals surface area contributed by atoms with Crippen molar-refractivity contribution in [3.8, 4) is 0 Å². The Morgan fingerprint density at radius 2 is 2.22 bits per heavy atom. The molecule has 1 saturated carbocycles. The molecule has 6 heteroatoms. The summed E-state index contributed by atoms with van der Waals surface area (Å²) in [7, 11) is 1.56. The second kappa shape index (κ2) is 6.43. The third-order valence-corrected chi connectivity index (χ3v) is 6.30. The van der Waals surface area contributed by atoms with Gasteiger partial charge in [0.05, 0.1) is 11.1 Å². The van der Waals surface area contributed by atoms with Gasteiger partial charge in [-0.3, -0.25) is 9.48 Å². The molecule has 4 rings (SSSR count). The second-order valence-electron chi connectivity index (χ2n) is 7.96. The number of rotatable bonds is 5. The lowest BCUT2D eigenvalue weighted by atomic mass is 9.81. The van der Waals surface area contributed by atoms with Crippen LogP contribution in [0.2, 0.25) is 0 Å². The van der Waals surface area contributed by atoms with Crippen molar-refractivity contribution >= 4 is 5.91 Å². The standard InChI is InChI=1S/C21H25F2N3O/c1-4-5-16-14-8-9-21(16,17-10-12(2)6-7-13(14)17)24-20(27)15-11-26(3)25-18(15)19(22)23/h6-7,10-11,14,16,19H,4-5,8-9H2,1-3H3,(H,24,27). The fraction of sp³-hybridized carbons (Fsp3) is 0.524. The van der Waals surface area contributed by atoms with Gasteiger partial charge >= 0.3 is 0 Å². The van der Waals surface area contributed by atoms with E-state index >= 15 is 0 Å². The van der Waals surface area contributed by atoms with Crippen molar-refractivity contribution in [1.82, 2.24) is 15.1 Å². The van der Waals surface area contributed by atoms with E-state index in [9.17, 15) is 13.6 Å². The maximum atomic E-state index is 13.3. The van der Waals surface area contributed by atoms with Gasteiger partial charge in [-0.15, -0.1) is 0 Å². The predicted octanol–water partition coefficient (Wildman–Crippen LogP) is 4.60. The molecule has 0 spiro atoms. The van der Waals surface area contributed by atoms with Crippen LogP contribution in [-0.4, -0.2) is 15.7 Å². The highest BCUT2D eigenvalue weighted by molar-refractivity contribution is 5.96. The van der Waals surface area contributed by atoms with E-state index in [0.29, 0.717) is 11.8 Å². The summed E-state index contributed by atoms with van der Waals surface area (Å²) in [5.41, 5.74) is 2.70. The van der Waals surface area contributed by atoms with Crippen molar-refractivity contribution in [2.24, 2.45) is 13.0 Å². The van der Waals surface area contributed by atoms with Gasteiger partial charge < -0.3 is 5.32 Å². The topological polar surface area (TPSA) is 46.9 Å². The molecule has 3 unspecified atom stereocenters. The van der Waals surface area contributed by atoms with E-state index in [2.05, 4.69) is 35.5 Å². The molecule has 2 aromatic rings. The summed E-state index contributed by atoms with van der Waals surface area (Å²) < 4.78 is 27.9. The van der Waals surface area contributed by atoms with Gasteiger partial charge in [0.1, 0.15) is 5.69 Å². The van der Waals surface area contributed by atoms with Crippen LogP contribution in [0, 0.1) is 12.8 Å². The zero-order chi connectivity index (χ0) is 19.3. The number of halogens is 2. The van der Waals surface area contributed by atoms with Gasteiger partial charge in [0, 0.05) is 13.2 Å². The largest absolute Gasteiger partial charge is 0.342 e. The van der Waals surface area contributed by atoms with Crippen LogP contribution in [0.4, 0.5) is 8.78 Å². The molecular weight excluding hydrogens is 348 g/mol. The zero-order valence-corrected chi connectivity index (χ0v) is 15.9. The van der Waals surface area contributed by atoms with Crippen molar-refractivity contribution in [2.45, 2.75) is 57.4 Å². The number of carbonyl (C=O) groups excluding carboxylic acids is 1. The average molecular weight is 373 g/mol. The van der Waals surface area contributed by atoms with Crippen LogP contribution in [0.5, 0.6) is 0 Å². The van der Waals surface area contributed by atoms with Crippen LogP contribution >= 0.6 is 0 Å². The van der Waals surface area contributed by atoms with Crippen molar-refractivity contribution in [1.29, 1.82) is 0 Å². The lowest BCUT2D eigenvalue weighted by Gasteiger charge is -2.35. The Balaban J connectivity index is 1.75. The molecule has 3 atom stereocenters. The quantitative estimate of drug-likeness (QED) is 0.833. The molecule has 1 aromatic carbocycles. The Kier molecular flexibility index (Phi) is 4.32. The Labute approximate surface area is 158 Å². The molecule has 0 radical (unpaired) electrons. The van der Waals surface area contributed by atoms with Crippen LogP contribution < -0.4 is 5.32 Å². The normalized spacial score (nSPS) is 25.9. The third-order valence-electron chi connectivity index (χ3n) is 6.30. The Bertz CT molecular complexity index is 892. The van der Waals surface area contributed by atoms with Crippen molar-refractivity contribution in [2.75, 3.05) is 0 Å². The predicted molar refractivity (Wildman–Crippen MR) is 98.9 cm³/mol. The Morgan fingerprint density at radius 3 is 2.93 bits per heavy atom. The molecule has 1 amide bonds. The van der Waals surface area contributed by atoms with Crippen LogP contribution in [0.3, 0.4) is 0 Å². The third kappa shape index (κ3) is 2.68. The minimum absolute atomic E-state index is 0.0262. The van der Waals surface area contributed by atoms with Gasteiger partial charge in [-0.25, -0.2) is 8.78 Å². The SMILES string of the molecule is CCCC1C2CCC1(NC(=O)c1cn(C)nc1C(F)F)c1cc(C)ccc12. The first-order valence-electron chi connectivity index (χ1n) is 9.62. The summed E-state index contributed by atoms with van der Waals surface area (Å²) in [5.74, 6) is 0.300. The molecule has 144 valence electrons. The number of amides is 1. The number of hydrogen-bond acceptors (Lipinski definition) is 2. The summed E-state index contributed by atoms with van der Waals surface area (Å²) in [5, 5.41) is 6.99. The molecule has 2 aliphatic carbocycles. The second-order valence-corrected chi connectivity index (χ2v) is 7.96. The molecule has 4 nitrogen and oxygen atoms in total. The summed E-state index contributed by atoms with van der Waals surface area (Å²) in [4.78, 5) is 13.1. The van der Waals surface area contributed by atoms with Crippen LogP contribution in [0.25, 0.3) is 0 Å². The number of fused-ring (bicyclic) bond motifs is 5. The van der Waals surface area contributed by atoms with E-state index in [0.717, 1.165) is 31.2 Å². The van der Waals surface area contributed by atoms with E-state index in [1.165, 1.54) is 22.0 Å². The minimum Gasteiger partial charge on any atom is -0.342 e. The van der Waals surface area contributed by atoms with Gasteiger partial charge in [0.2, 0.25) is 0 Å².